The SMILES string of the molecule is COC(=O)c1ccc(-c2nnc(C)nn2)c(F)c1. The van der Waals surface area contributed by atoms with Gasteiger partial charge >= 0.3 is 5.97 Å². The number of esters is 1. The molecule has 0 unspecified atom stereocenters. The molecule has 18 heavy (non-hydrogen) atoms. The first-order valence-electron chi connectivity index (χ1n) is 5.04. The second-order valence-corrected chi connectivity index (χ2v) is 3.46. The quantitative estimate of drug-likeness (QED) is 0.742. The van der Waals surface area contributed by atoms with Gasteiger partial charge in [0.05, 0.1) is 18.2 Å². The zero-order valence-corrected chi connectivity index (χ0v) is 9.72. The van der Waals surface area contributed by atoms with Crippen LogP contribution in [-0.2, 0) is 4.74 Å². The van der Waals surface area contributed by atoms with E-state index in [-0.39, 0.29) is 17.0 Å². The predicted molar refractivity (Wildman–Crippen MR) is 59.1 cm³/mol. The van der Waals surface area contributed by atoms with Crippen molar-refractivity contribution in [2.75, 3.05) is 7.11 Å². The zero-order chi connectivity index (χ0) is 13.1. The van der Waals surface area contributed by atoms with Gasteiger partial charge in [0, 0.05) is 0 Å². The fraction of sp³-hybridized carbons (Fsp3) is 0.182. The number of carbonyl (C=O) groups is 1. The third kappa shape index (κ3) is 2.29. The molecule has 0 amide bonds. The lowest BCUT2D eigenvalue weighted by Gasteiger charge is -2.03. The van der Waals surface area contributed by atoms with Gasteiger partial charge in [-0.15, -0.1) is 20.4 Å². The Bertz CT molecular complexity index is 586. The normalized spacial score (nSPS) is 10.2. The summed E-state index contributed by atoms with van der Waals surface area (Å²) in [5.74, 6) is -0.785. The number of ether oxygens (including phenoxy) is 1. The fourth-order valence-corrected chi connectivity index (χ4v) is 1.33. The van der Waals surface area contributed by atoms with E-state index in [1.165, 1.54) is 19.2 Å². The van der Waals surface area contributed by atoms with Crippen LogP contribution in [0.2, 0.25) is 0 Å². The summed E-state index contributed by atoms with van der Waals surface area (Å²) in [6, 6.07) is 3.87. The Morgan fingerprint density at radius 2 is 1.89 bits per heavy atom. The molecule has 1 heterocycles. The van der Waals surface area contributed by atoms with Gasteiger partial charge in [-0.2, -0.15) is 0 Å². The lowest BCUT2D eigenvalue weighted by Crippen LogP contribution is -2.04. The Labute approximate surface area is 102 Å². The van der Waals surface area contributed by atoms with E-state index >= 15 is 0 Å². The number of nitrogens with zero attached hydrogens (tertiary/aromatic N) is 4. The number of halogens is 1. The molecule has 6 nitrogen and oxygen atoms in total. The van der Waals surface area contributed by atoms with E-state index in [1.807, 2.05) is 0 Å². The summed E-state index contributed by atoms with van der Waals surface area (Å²) in [7, 11) is 1.23. The molecule has 2 aromatic rings. The monoisotopic (exact) mass is 248 g/mol. The number of hydrogen-bond acceptors (Lipinski definition) is 6. The molecular weight excluding hydrogens is 239 g/mol. The molecule has 7 heteroatoms. The summed E-state index contributed by atoms with van der Waals surface area (Å²) >= 11 is 0. The minimum atomic E-state index is -0.634. The molecule has 0 N–H and O–H groups in total. The van der Waals surface area contributed by atoms with Crippen molar-refractivity contribution < 1.29 is 13.9 Å². The molecule has 0 bridgehead atoms. The van der Waals surface area contributed by atoms with Crippen molar-refractivity contribution in [2.45, 2.75) is 6.92 Å². The smallest absolute Gasteiger partial charge is 0.337 e. The van der Waals surface area contributed by atoms with Crippen LogP contribution in [0.15, 0.2) is 18.2 Å². The number of hydrogen-bond donors (Lipinski definition) is 0. The predicted octanol–water partition coefficient (Wildman–Crippen LogP) is 1.17. The largest absolute Gasteiger partial charge is 0.465 e. The standard InChI is InChI=1S/C11H9FN4O2/c1-6-13-15-10(16-14-6)8-4-3-7(5-9(8)12)11(17)18-2/h3-5H,1-2H3. The van der Waals surface area contributed by atoms with Crippen LogP contribution in [0.25, 0.3) is 11.4 Å². The molecule has 0 radical (unpaired) electrons. The highest BCUT2D eigenvalue weighted by molar-refractivity contribution is 5.89. The fourth-order valence-electron chi connectivity index (χ4n) is 1.33. The second-order valence-electron chi connectivity index (χ2n) is 3.46. The number of carbonyl (C=O) groups excluding carboxylic acids is 1. The van der Waals surface area contributed by atoms with Crippen LogP contribution in [-0.4, -0.2) is 33.5 Å². The third-order valence-electron chi connectivity index (χ3n) is 2.21. The Morgan fingerprint density at radius 1 is 1.22 bits per heavy atom. The first kappa shape index (κ1) is 12.0. The lowest BCUT2D eigenvalue weighted by atomic mass is 10.1. The average Bonchev–Trinajstić information content (AvgIpc) is 2.39. The van der Waals surface area contributed by atoms with Gasteiger partial charge in [-0.25, -0.2) is 9.18 Å². The molecule has 1 aromatic carbocycles. The van der Waals surface area contributed by atoms with Gasteiger partial charge in [-0.1, -0.05) is 0 Å². The first-order chi connectivity index (χ1) is 8.61. The van der Waals surface area contributed by atoms with E-state index in [0.717, 1.165) is 6.07 Å². The summed E-state index contributed by atoms with van der Waals surface area (Å²) in [6.07, 6.45) is 0. The van der Waals surface area contributed by atoms with Crippen molar-refractivity contribution in [1.29, 1.82) is 0 Å². The minimum absolute atomic E-state index is 0.0644. The minimum Gasteiger partial charge on any atom is -0.465 e. The van der Waals surface area contributed by atoms with Gasteiger partial charge in [0.2, 0.25) is 5.82 Å². The molecule has 0 atom stereocenters. The van der Waals surface area contributed by atoms with Gasteiger partial charge in [-0.3, -0.25) is 0 Å². The molecule has 0 spiro atoms. The summed E-state index contributed by atoms with van der Waals surface area (Å²) in [5, 5.41) is 14.8. The van der Waals surface area contributed by atoms with Crippen molar-refractivity contribution in [1.82, 2.24) is 20.4 Å². The molecule has 0 fully saturated rings. The van der Waals surface area contributed by atoms with Crippen molar-refractivity contribution in [3.05, 3.63) is 35.4 Å². The maximum Gasteiger partial charge on any atom is 0.337 e. The van der Waals surface area contributed by atoms with Crippen LogP contribution in [0.1, 0.15) is 16.2 Å². The highest BCUT2D eigenvalue weighted by Crippen LogP contribution is 2.19. The number of methoxy groups -OCH3 is 1. The highest BCUT2D eigenvalue weighted by Gasteiger charge is 2.13. The first-order valence-corrected chi connectivity index (χ1v) is 5.04. The van der Waals surface area contributed by atoms with E-state index in [0.29, 0.717) is 5.82 Å². The van der Waals surface area contributed by atoms with E-state index in [2.05, 4.69) is 25.1 Å². The number of aryl methyl sites for hydroxylation is 1. The Balaban J connectivity index is 2.41. The van der Waals surface area contributed by atoms with Gasteiger partial charge in [0.1, 0.15) is 5.82 Å². The Morgan fingerprint density at radius 3 is 2.44 bits per heavy atom. The van der Waals surface area contributed by atoms with Crippen molar-refractivity contribution in [3.8, 4) is 11.4 Å². The average molecular weight is 248 g/mol. The molecule has 2 rings (SSSR count). The van der Waals surface area contributed by atoms with Gasteiger partial charge in [0.25, 0.3) is 0 Å². The summed E-state index contributed by atoms with van der Waals surface area (Å²) < 4.78 is 18.3. The van der Waals surface area contributed by atoms with Crippen LogP contribution in [0.4, 0.5) is 4.39 Å². The molecule has 0 saturated carbocycles. The van der Waals surface area contributed by atoms with E-state index < -0.39 is 11.8 Å². The topological polar surface area (TPSA) is 77.9 Å². The van der Waals surface area contributed by atoms with Crippen molar-refractivity contribution >= 4 is 5.97 Å². The van der Waals surface area contributed by atoms with Crippen LogP contribution < -0.4 is 0 Å². The van der Waals surface area contributed by atoms with E-state index in [9.17, 15) is 9.18 Å². The molecule has 92 valence electrons. The summed E-state index contributed by atoms with van der Waals surface area (Å²) in [6.45, 7) is 1.63. The maximum atomic E-state index is 13.8. The summed E-state index contributed by atoms with van der Waals surface area (Å²) in [4.78, 5) is 11.2. The zero-order valence-electron chi connectivity index (χ0n) is 9.72. The lowest BCUT2D eigenvalue weighted by molar-refractivity contribution is 0.0600. The number of benzene rings is 1. The van der Waals surface area contributed by atoms with Gasteiger partial charge in [0.15, 0.2) is 5.82 Å². The van der Waals surface area contributed by atoms with Crippen molar-refractivity contribution in [2.24, 2.45) is 0 Å². The van der Waals surface area contributed by atoms with Crippen LogP contribution in [0.3, 0.4) is 0 Å². The second kappa shape index (κ2) is 4.82. The van der Waals surface area contributed by atoms with Crippen molar-refractivity contribution in [3.63, 3.8) is 0 Å². The maximum absolute atomic E-state index is 13.8. The Hall–Kier alpha value is -2.44. The van der Waals surface area contributed by atoms with Crippen LogP contribution in [0.5, 0.6) is 0 Å². The number of rotatable bonds is 2. The summed E-state index contributed by atoms with van der Waals surface area (Å²) in [5.41, 5.74) is 0.245. The highest BCUT2D eigenvalue weighted by atomic mass is 19.1. The third-order valence-corrected chi connectivity index (χ3v) is 2.21. The van der Waals surface area contributed by atoms with Crippen LogP contribution in [0, 0.1) is 12.7 Å². The number of aromatic nitrogens is 4. The van der Waals surface area contributed by atoms with E-state index in [4.69, 9.17) is 0 Å². The molecule has 0 aliphatic carbocycles. The molecule has 0 aliphatic heterocycles. The van der Waals surface area contributed by atoms with Gasteiger partial charge in [-0.05, 0) is 25.1 Å². The molecule has 1 aromatic heterocycles. The van der Waals surface area contributed by atoms with E-state index in [1.54, 1.807) is 6.92 Å². The van der Waals surface area contributed by atoms with Crippen LogP contribution >= 0.6 is 0 Å². The Kier molecular flexibility index (Phi) is 3.22. The van der Waals surface area contributed by atoms with Gasteiger partial charge < -0.3 is 4.74 Å². The molecule has 0 aliphatic rings. The molecule has 0 saturated heterocycles. The molecular formula is C11H9FN4O2.